The lowest BCUT2D eigenvalue weighted by atomic mass is 10.1. The Morgan fingerprint density at radius 1 is 1.17 bits per heavy atom. The van der Waals surface area contributed by atoms with E-state index in [2.05, 4.69) is 39.4 Å². The molecule has 1 unspecified atom stereocenters. The molecule has 1 heterocycles. The van der Waals surface area contributed by atoms with E-state index in [1.54, 1.807) is 0 Å². The summed E-state index contributed by atoms with van der Waals surface area (Å²) in [7, 11) is 0. The Morgan fingerprint density at radius 3 is 2.87 bits per heavy atom. The molecule has 1 aromatic carbocycles. The van der Waals surface area contributed by atoms with Gasteiger partial charge in [0.25, 0.3) is 0 Å². The van der Waals surface area contributed by atoms with Crippen molar-refractivity contribution in [2.75, 3.05) is 13.2 Å². The molecule has 1 N–H and O–H groups in total. The van der Waals surface area contributed by atoms with Crippen LogP contribution in [-0.4, -0.2) is 33.4 Å². The number of aryl methyl sites for hydroxylation is 1. The van der Waals surface area contributed by atoms with Crippen molar-refractivity contribution in [3.63, 3.8) is 0 Å². The monoisotopic (exact) mass is 313 g/mol. The standard InChI is InChI=1S/C18H23N3O2/c22-11-3-10-21(12-17-19-20-18(23-17)14-6-7-14)16-9-8-13-4-1-2-5-15(13)16/h1-2,4-5,14,16,22H,3,6-12H2. The maximum Gasteiger partial charge on any atom is 0.230 e. The molecule has 1 atom stereocenters. The fraction of sp³-hybridized carbons (Fsp3) is 0.556. The van der Waals surface area contributed by atoms with Crippen LogP contribution < -0.4 is 0 Å². The minimum Gasteiger partial charge on any atom is -0.424 e. The second-order valence-corrected chi connectivity index (χ2v) is 6.61. The van der Waals surface area contributed by atoms with Gasteiger partial charge in [-0.2, -0.15) is 0 Å². The second-order valence-electron chi connectivity index (χ2n) is 6.61. The molecule has 122 valence electrons. The number of nitrogens with zero attached hydrogens (tertiary/aromatic N) is 3. The van der Waals surface area contributed by atoms with E-state index >= 15 is 0 Å². The van der Waals surface area contributed by atoms with Crippen LogP contribution in [0, 0.1) is 0 Å². The summed E-state index contributed by atoms with van der Waals surface area (Å²) in [6.07, 6.45) is 5.35. The van der Waals surface area contributed by atoms with Gasteiger partial charge in [0.2, 0.25) is 11.8 Å². The zero-order valence-electron chi connectivity index (χ0n) is 13.3. The lowest BCUT2D eigenvalue weighted by molar-refractivity contribution is 0.151. The lowest BCUT2D eigenvalue weighted by Gasteiger charge is -2.28. The van der Waals surface area contributed by atoms with Crippen LogP contribution in [0.5, 0.6) is 0 Å². The fourth-order valence-corrected chi connectivity index (χ4v) is 3.53. The molecule has 0 saturated heterocycles. The van der Waals surface area contributed by atoms with E-state index < -0.39 is 0 Å². The molecule has 0 spiro atoms. The van der Waals surface area contributed by atoms with Crippen molar-refractivity contribution in [1.82, 2.24) is 15.1 Å². The average molecular weight is 313 g/mol. The van der Waals surface area contributed by atoms with Crippen LogP contribution >= 0.6 is 0 Å². The molecule has 4 rings (SSSR count). The van der Waals surface area contributed by atoms with Crippen molar-refractivity contribution < 1.29 is 9.52 Å². The van der Waals surface area contributed by atoms with Crippen molar-refractivity contribution in [3.8, 4) is 0 Å². The van der Waals surface area contributed by atoms with Crippen LogP contribution in [0.15, 0.2) is 28.7 Å². The third-order valence-corrected chi connectivity index (χ3v) is 4.89. The van der Waals surface area contributed by atoms with E-state index in [1.807, 2.05) is 0 Å². The highest BCUT2D eigenvalue weighted by molar-refractivity contribution is 5.34. The molecular weight excluding hydrogens is 290 g/mol. The Labute approximate surface area is 136 Å². The Morgan fingerprint density at radius 2 is 2.04 bits per heavy atom. The SMILES string of the molecule is OCCCN(Cc1nnc(C2CC2)o1)C1CCc2ccccc21. The summed E-state index contributed by atoms with van der Waals surface area (Å²) in [5.74, 6) is 2.00. The number of hydrogen-bond acceptors (Lipinski definition) is 5. The van der Waals surface area contributed by atoms with Gasteiger partial charge in [0, 0.05) is 25.1 Å². The molecule has 5 heteroatoms. The molecule has 2 aliphatic rings. The van der Waals surface area contributed by atoms with Crippen LogP contribution in [0.4, 0.5) is 0 Å². The van der Waals surface area contributed by atoms with Gasteiger partial charge in [-0.15, -0.1) is 10.2 Å². The van der Waals surface area contributed by atoms with Crippen LogP contribution in [0.2, 0.25) is 0 Å². The first-order valence-electron chi connectivity index (χ1n) is 8.60. The van der Waals surface area contributed by atoms with Gasteiger partial charge in [0.05, 0.1) is 6.54 Å². The van der Waals surface area contributed by atoms with Crippen LogP contribution in [-0.2, 0) is 13.0 Å². The van der Waals surface area contributed by atoms with E-state index in [9.17, 15) is 5.11 Å². The summed E-state index contributed by atoms with van der Waals surface area (Å²) >= 11 is 0. The van der Waals surface area contributed by atoms with Crippen LogP contribution in [0.25, 0.3) is 0 Å². The summed E-state index contributed by atoms with van der Waals surface area (Å²) in [6, 6.07) is 9.05. The Balaban J connectivity index is 1.52. The number of aromatic nitrogens is 2. The molecule has 5 nitrogen and oxygen atoms in total. The zero-order valence-corrected chi connectivity index (χ0v) is 13.3. The van der Waals surface area contributed by atoms with Gasteiger partial charge in [0.1, 0.15) is 0 Å². The number of fused-ring (bicyclic) bond motifs is 1. The minimum absolute atomic E-state index is 0.210. The third-order valence-electron chi connectivity index (χ3n) is 4.89. The minimum atomic E-state index is 0.210. The topological polar surface area (TPSA) is 62.4 Å². The number of benzene rings is 1. The van der Waals surface area contributed by atoms with Gasteiger partial charge < -0.3 is 9.52 Å². The number of aliphatic hydroxyl groups excluding tert-OH is 1. The van der Waals surface area contributed by atoms with Gasteiger partial charge in [-0.25, -0.2) is 0 Å². The van der Waals surface area contributed by atoms with Gasteiger partial charge in [-0.05, 0) is 43.2 Å². The van der Waals surface area contributed by atoms with Crippen molar-refractivity contribution in [2.45, 2.75) is 50.6 Å². The zero-order chi connectivity index (χ0) is 15.6. The molecule has 23 heavy (non-hydrogen) atoms. The summed E-state index contributed by atoms with van der Waals surface area (Å²) in [4.78, 5) is 2.38. The number of aliphatic hydroxyl groups is 1. The molecule has 1 saturated carbocycles. The lowest BCUT2D eigenvalue weighted by Crippen LogP contribution is -2.29. The predicted octanol–water partition coefficient (Wildman–Crippen LogP) is 2.82. The largest absolute Gasteiger partial charge is 0.424 e. The molecule has 1 aromatic heterocycles. The molecule has 0 aliphatic heterocycles. The molecule has 0 bridgehead atoms. The van der Waals surface area contributed by atoms with Gasteiger partial charge in [0.15, 0.2) is 0 Å². The summed E-state index contributed by atoms with van der Waals surface area (Å²) < 4.78 is 5.84. The maximum atomic E-state index is 9.23. The predicted molar refractivity (Wildman–Crippen MR) is 85.9 cm³/mol. The van der Waals surface area contributed by atoms with Crippen molar-refractivity contribution in [1.29, 1.82) is 0 Å². The number of rotatable bonds is 7. The summed E-state index contributed by atoms with van der Waals surface area (Å²) in [6.45, 7) is 1.72. The smallest absolute Gasteiger partial charge is 0.230 e. The fourth-order valence-electron chi connectivity index (χ4n) is 3.53. The second kappa shape index (κ2) is 6.42. The van der Waals surface area contributed by atoms with E-state index in [0.29, 0.717) is 24.4 Å². The Bertz CT molecular complexity index is 666. The highest BCUT2D eigenvalue weighted by Crippen LogP contribution is 2.40. The molecule has 0 amide bonds. The summed E-state index contributed by atoms with van der Waals surface area (Å²) in [5, 5.41) is 17.6. The Kier molecular flexibility index (Phi) is 4.14. The maximum absolute atomic E-state index is 9.23. The van der Waals surface area contributed by atoms with Crippen molar-refractivity contribution in [2.24, 2.45) is 0 Å². The van der Waals surface area contributed by atoms with Gasteiger partial charge in [-0.1, -0.05) is 24.3 Å². The van der Waals surface area contributed by atoms with Crippen molar-refractivity contribution in [3.05, 3.63) is 47.2 Å². The molecule has 2 aliphatic carbocycles. The van der Waals surface area contributed by atoms with Crippen molar-refractivity contribution >= 4 is 0 Å². The third kappa shape index (κ3) is 3.16. The van der Waals surface area contributed by atoms with E-state index in [-0.39, 0.29) is 6.61 Å². The van der Waals surface area contributed by atoms with E-state index in [1.165, 1.54) is 24.0 Å². The molecule has 0 radical (unpaired) electrons. The first-order valence-corrected chi connectivity index (χ1v) is 8.60. The summed E-state index contributed by atoms with van der Waals surface area (Å²) in [5.41, 5.74) is 2.85. The Hall–Kier alpha value is -1.72. The van der Waals surface area contributed by atoms with Gasteiger partial charge >= 0.3 is 0 Å². The first-order chi connectivity index (χ1) is 11.3. The normalized spacial score (nSPS) is 20.2. The van der Waals surface area contributed by atoms with E-state index in [0.717, 1.165) is 31.7 Å². The van der Waals surface area contributed by atoms with E-state index in [4.69, 9.17) is 4.42 Å². The first kappa shape index (κ1) is 14.8. The molecule has 1 fully saturated rings. The molecular formula is C18H23N3O2. The number of hydrogen-bond donors (Lipinski definition) is 1. The quantitative estimate of drug-likeness (QED) is 0.851. The van der Waals surface area contributed by atoms with Gasteiger partial charge in [-0.3, -0.25) is 4.90 Å². The molecule has 2 aromatic rings. The highest BCUT2D eigenvalue weighted by atomic mass is 16.4. The van der Waals surface area contributed by atoms with Crippen LogP contribution in [0.1, 0.15) is 60.6 Å². The highest BCUT2D eigenvalue weighted by Gasteiger charge is 2.31. The van der Waals surface area contributed by atoms with Crippen LogP contribution in [0.3, 0.4) is 0 Å². The average Bonchev–Trinajstić information content (AvgIpc) is 3.17.